The van der Waals surface area contributed by atoms with E-state index in [0.29, 0.717) is 11.4 Å². The molecule has 0 saturated carbocycles. The fraction of sp³-hybridized carbons (Fsp3) is 0.0455. The van der Waals surface area contributed by atoms with Gasteiger partial charge in [0.15, 0.2) is 5.71 Å². The Morgan fingerprint density at radius 2 is 1.14 bits per heavy atom. The third-order valence-corrected chi connectivity index (χ3v) is 3.91. The Labute approximate surface area is 163 Å². The van der Waals surface area contributed by atoms with E-state index in [0.717, 1.165) is 16.9 Å². The number of benzene rings is 3. The molecular weight excluding hydrogens is 350 g/mol. The molecule has 0 aliphatic heterocycles. The first-order valence-corrected chi connectivity index (χ1v) is 8.80. The van der Waals surface area contributed by atoms with E-state index in [1.165, 1.54) is 0 Å². The summed E-state index contributed by atoms with van der Waals surface area (Å²) in [5, 5.41) is 22.0. The number of hydrogen-bond donors (Lipinski definition) is 3. The molecular formula is C22H21N5O. The van der Waals surface area contributed by atoms with Crippen molar-refractivity contribution in [2.75, 3.05) is 10.9 Å². The molecule has 0 fully saturated rings. The number of anilines is 2. The van der Waals surface area contributed by atoms with Gasteiger partial charge in [0.05, 0.1) is 17.1 Å². The molecule has 0 saturated heterocycles. The number of para-hydroxylation sites is 2. The third kappa shape index (κ3) is 5.04. The van der Waals surface area contributed by atoms with E-state index < -0.39 is 0 Å². The molecule has 0 spiro atoms. The Morgan fingerprint density at radius 3 is 1.64 bits per heavy atom. The van der Waals surface area contributed by atoms with Crippen LogP contribution in [0.2, 0.25) is 0 Å². The summed E-state index contributed by atoms with van der Waals surface area (Å²) in [5.74, 6) is 0. The minimum atomic E-state index is 0.262. The summed E-state index contributed by atoms with van der Waals surface area (Å²) >= 11 is 0. The molecule has 3 N–H and O–H groups in total. The lowest BCUT2D eigenvalue weighted by Gasteiger charge is -2.10. The van der Waals surface area contributed by atoms with E-state index >= 15 is 0 Å². The summed E-state index contributed by atoms with van der Waals surface area (Å²) in [6.07, 6.45) is 0. The average Bonchev–Trinajstić information content (AvgIpc) is 2.77. The van der Waals surface area contributed by atoms with Crippen LogP contribution in [0.5, 0.6) is 0 Å². The van der Waals surface area contributed by atoms with Gasteiger partial charge in [0.2, 0.25) is 0 Å². The zero-order valence-electron chi connectivity index (χ0n) is 15.4. The second kappa shape index (κ2) is 9.68. The van der Waals surface area contributed by atoms with Gasteiger partial charge in [0, 0.05) is 5.56 Å². The molecule has 3 aromatic carbocycles. The van der Waals surface area contributed by atoms with Gasteiger partial charge in [-0.3, -0.25) is 10.9 Å². The number of hydrogen-bond acceptors (Lipinski definition) is 6. The van der Waals surface area contributed by atoms with Crippen LogP contribution in [0, 0.1) is 0 Å². The highest BCUT2D eigenvalue weighted by Crippen LogP contribution is 2.10. The highest BCUT2D eigenvalue weighted by Gasteiger charge is 2.16. The lowest BCUT2D eigenvalue weighted by molar-refractivity contribution is 0.321. The molecule has 28 heavy (non-hydrogen) atoms. The molecule has 0 amide bonds. The van der Waals surface area contributed by atoms with Crippen LogP contribution in [-0.4, -0.2) is 22.3 Å². The molecule has 0 radical (unpaired) electrons. The molecule has 0 bridgehead atoms. The maximum absolute atomic E-state index is 9.69. The summed E-state index contributed by atoms with van der Waals surface area (Å²) in [4.78, 5) is 0. The predicted molar refractivity (Wildman–Crippen MR) is 115 cm³/mol. The molecule has 140 valence electrons. The molecule has 3 rings (SSSR count). The molecule has 6 heteroatoms. The first kappa shape index (κ1) is 18.8. The summed E-state index contributed by atoms with van der Waals surface area (Å²) < 4.78 is 0. The van der Waals surface area contributed by atoms with Crippen LogP contribution in [0.3, 0.4) is 0 Å². The molecule has 0 aliphatic rings. The van der Waals surface area contributed by atoms with Crippen LogP contribution < -0.4 is 10.9 Å². The van der Waals surface area contributed by atoms with Gasteiger partial charge >= 0.3 is 0 Å². The van der Waals surface area contributed by atoms with Gasteiger partial charge in [0.1, 0.15) is 5.71 Å². The van der Waals surface area contributed by atoms with Gasteiger partial charge in [-0.05, 0) is 31.2 Å². The Bertz CT molecular complexity index is 968. The van der Waals surface area contributed by atoms with Gasteiger partial charge in [-0.1, -0.05) is 71.9 Å². The van der Waals surface area contributed by atoms with Crippen LogP contribution in [0.4, 0.5) is 11.4 Å². The lowest BCUT2D eigenvalue weighted by atomic mass is 10.0. The zero-order valence-corrected chi connectivity index (χ0v) is 15.4. The van der Waals surface area contributed by atoms with Gasteiger partial charge in [-0.25, -0.2) is 0 Å². The Hall–Kier alpha value is -3.93. The van der Waals surface area contributed by atoms with Crippen LogP contribution >= 0.6 is 0 Å². The van der Waals surface area contributed by atoms with E-state index in [1.54, 1.807) is 6.92 Å². The topological polar surface area (TPSA) is 81.4 Å². The molecule has 6 nitrogen and oxygen atoms in total. The maximum atomic E-state index is 9.69. The van der Waals surface area contributed by atoms with Crippen molar-refractivity contribution in [1.29, 1.82) is 0 Å². The van der Waals surface area contributed by atoms with Crippen LogP contribution in [0.25, 0.3) is 0 Å². The van der Waals surface area contributed by atoms with Crippen molar-refractivity contribution in [2.45, 2.75) is 6.92 Å². The molecule has 0 atom stereocenters. The number of nitrogens with one attached hydrogen (secondary N) is 2. The van der Waals surface area contributed by atoms with Crippen molar-refractivity contribution < 1.29 is 5.21 Å². The Kier molecular flexibility index (Phi) is 6.52. The highest BCUT2D eigenvalue weighted by atomic mass is 16.4. The average molecular weight is 371 g/mol. The van der Waals surface area contributed by atoms with Crippen molar-refractivity contribution in [1.82, 2.24) is 0 Å². The quantitative estimate of drug-likeness (QED) is 0.316. The largest absolute Gasteiger partial charge is 0.410 e. The minimum absolute atomic E-state index is 0.262. The third-order valence-electron chi connectivity index (χ3n) is 3.91. The fourth-order valence-corrected chi connectivity index (χ4v) is 2.49. The van der Waals surface area contributed by atoms with Crippen molar-refractivity contribution in [3.63, 3.8) is 0 Å². The molecule has 0 aliphatic carbocycles. The van der Waals surface area contributed by atoms with Gasteiger partial charge in [-0.2, -0.15) is 10.2 Å². The molecule has 0 heterocycles. The number of nitrogens with zero attached hydrogens (tertiary/aromatic N) is 3. The smallest absolute Gasteiger partial charge is 0.153 e. The van der Waals surface area contributed by atoms with Crippen LogP contribution in [0.1, 0.15) is 12.5 Å². The summed E-state index contributed by atoms with van der Waals surface area (Å²) in [6, 6.07) is 28.6. The maximum Gasteiger partial charge on any atom is 0.153 e. The van der Waals surface area contributed by atoms with E-state index in [9.17, 15) is 5.21 Å². The normalized spacial score (nSPS) is 12.5. The second-order valence-electron chi connectivity index (χ2n) is 5.93. The minimum Gasteiger partial charge on any atom is -0.410 e. The van der Waals surface area contributed by atoms with E-state index in [4.69, 9.17) is 0 Å². The standard InChI is InChI=1S/C22H21N5O/c1-17(23-24-19-13-7-3-8-14-19)21(27-28)22(18-11-5-2-6-12-18)26-25-20-15-9-4-10-16-20/h2-16,24-25,28H,1H3/b23-17+,26-22+,27-21+. The van der Waals surface area contributed by atoms with Gasteiger partial charge in [0.25, 0.3) is 0 Å². The second-order valence-corrected chi connectivity index (χ2v) is 5.93. The summed E-state index contributed by atoms with van der Waals surface area (Å²) in [5.41, 5.74) is 9.65. The lowest BCUT2D eigenvalue weighted by Crippen LogP contribution is -2.25. The fourth-order valence-electron chi connectivity index (χ4n) is 2.49. The highest BCUT2D eigenvalue weighted by molar-refractivity contribution is 6.71. The number of hydrazone groups is 2. The summed E-state index contributed by atoms with van der Waals surface area (Å²) in [6.45, 7) is 1.76. The van der Waals surface area contributed by atoms with E-state index in [1.807, 2.05) is 91.0 Å². The SMILES string of the molecule is CC(=N\Nc1ccccc1)/C(=N\O)C(=N/Nc1ccccc1)/c1ccccc1. The number of rotatable bonds is 7. The van der Waals surface area contributed by atoms with Gasteiger partial charge < -0.3 is 5.21 Å². The van der Waals surface area contributed by atoms with Gasteiger partial charge in [-0.15, -0.1) is 0 Å². The van der Waals surface area contributed by atoms with Crippen molar-refractivity contribution in [3.8, 4) is 0 Å². The van der Waals surface area contributed by atoms with E-state index in [-0.39, 0.29) is 5.71 Å². The predicted octanol–water partition coefficient (Wildman–Crippen LogP) is 4.82. The monoisotopic (exact) mass is 371 g/mol. The molecule has 0 aromatic heterocycles. The van der Waals surface area contributed by atoms with Crippen molar-refractivity contribution >= 4 is 28.5 Å². The van der Waals surface area contributed by atoms with Crippen LogP contribution in [-0.2, 0) is 0 Å². The van der Waals surface area contributed by atoms with Crippen molar-refractivity contribution in [2.24, 2.45) is 15.4 Å². The molecule has 0 unspecified atom stereocenters. The first-order valence-electron chi connectivity index (χ1n) is 8.80. The molecule has 3 aromatic rings. The summed E-state index contributed by atoms with van der Waals surface area (Å²) in [7, 11) is 0. The zero-order chi connectivity index (χ0) is 19.6. The van der Waals surface area contributed by atoms with Crippen molar-refractivity contribution in [3.05, 3.63) is 96.6 Å². The van der Waals surface area contributed by atoms with E-state index in [2.05, 4.69) is 26.2 Å². The number of oxime groups is 1. The van der Waals surface area contributed by atoms with Crippen LogP contribution in [0.15, 0.2) is 106 Å². The first-order chi connectivity index (χ1) is 13.8. The Morgan fingerprint density at radius 1 is 0.679 bits per heavy atom. The Balaban J connectivity index is 1.91.